The Balaban J connectivity index is 1.39. The van der Waals surface area contributed by atoms with E-state index in [4.69, 9.17) is 4.74 Å². The van der Waals surface area contributed by atoms with Crippen LogP contribution in [0.1, 0.15) is 28.0 Å². The first-order valence-corrected chi connectivity index (χ1v) is 10.4. The number of aromatic amines is 1. The lowest BCUT2D eigenvalue weighted by Crippen LogP contribution is -2.38. The molecule has 31 heavy (non-hydrogen) atoms. The van der Waals surface area contributed by atoms with E-state index in [2.05, 4.69) is 10.2 Å². The molecule has 4 rings (SSSR count). The lowest BCUT2D eigenvalue weighted by atomic mass is 10.1. The van der Waals surface area contributed by atoms with Crippen LogP contribution < -0.4 is 0 Å². The summed E-state index contributed by atoms with van der Waals surface area (Å²) in [5.74, 6) is -0.0347. The molecule has 1 N–H and O–H groups in total. The lowest BCUT2D eigenvalue weighted by Gasteiger charge is -2.22. The van der Waals surface area contributed by atoms with Crippen LogP contribution in [0.15, 0.2) is 48.5 Å². The minimum Gasteiger partial charge on any atom is -0.375 e. The normalized spacial score (nSPS) is 14.9. The van der Waals surface area contributed by atoms with E-state index < -0.39 is 0 Å². The van der Waals surface area contributed by atoms with Crippen molar-refractivity contribution in [1.82, 2.24) is 20.0 Å². The molecular weight excluding hydrogens is 392 g/mol. The highest BCUT2D eigenvalue weighted by atomic mass is 16.5. The molecule has 1 aliphatic rings. The van der Waals surface area contributed by atoms with Gasteiger partial charge in [0.2, 0.25) is 5.91 Å². The molecule has 1 fully saturated rings. The maximum Gasteiger partial charge on any atom is 0.253 e. The topological polar surface area (TPSA) is 78.5 Å². The highest BCUT2D eigenvalue weighted by Crippen LogP contribution is 2.18. The number of H-pyrrole nitrogens is 1. The monoisotopic (exact) mass is 418 g/mol. The predicted octanol–water partition coefficient (Wildman–Crippen LogP) is 3.05. The van der Waals surface area contributed by atoms with Gasteiger partial charge in [0.15, 0.2) is 0 Å². The van der Waals surface area contributed by atoms with Gasteiger partial charge >= 0.3 is 0 Å². The second-order valence-electron chi connectivity index (χ2n) is 7.57. The van der Waals surface area contributed by atoms with Gasteiger partial charge in [0.05, 0.1) is 11.2 Å². The predicted molar refractivity (Wildman–Crippen MR) is 120 cm³/mol. The number of nitrogens with zero attached hydrogens (tertiary/aromatic N) is 3. The van der Waals surface area contributed by atoms with Crippen molar-refractivity contribution in [3.8, 4) is 0 Å². The van der Waals surface area contributed by atoms with Crippen molar-refractivity contribution in [2.24, 2.45) is 0 Å². The average Bonchev–Trinajstić information content (AvgIpc) is 3.04. The lowest BCUT2D eigenvalue weighted by molar-refractivity contribution is -0.135. The fourth-order valence-electron chi connectivity index (χ4n) is 3.79. The largest absolute Gasteiger partial charge is 0.375 e. The van der Waals surface area contributed by atoms with E-state index in [0.29, 0.717) is 31.7 Å². The van der Waals surface area contributed by atoms with Crippen LogP contribution in [0, 0.1) is 0 Å². The zero-order chi connectivity index (χ0) is 21.6. The number of ether oxygens (including phenoxy) is 1. The molecule has 0 atom stereocenters. The molecule has 0 unspecified atom stereocenters. The van der Waals surface area contributed by atoms with Gasteiger partial charge in [-0.25, -0.2) is 0 Å². The number of amides is 2. The zero-order valence-corrected chi connectivity index (χ0v) is 17.6. The van der Waals surface area contributed by atoms with Crippen LogP contribution in [-0.2, 0) is 9.53 Å². The van der Waals surface area contributed by atoms with Gasteiger partial charge in [0, 0.05) is 44.2 Å². The number of benzene rings is 2. The molecule has 1 aliphatic heterocycles. The summed E-state index contributed by atoms with van der Waals surface area (Å²) in [5.41, 5.74) is 3.53. The van der Waals surface area contributed by atoms with Gasteiger partial charge in [-0.2, -0.15) is 5.10 Å². The molecule has 7 nitrogen and oxygen atoms in total. The van der Waals surface area contributed by atoms with Gasteiger partial charge in [-0.05, 0) is 36.3 Å². The molecule has 160 valence electrons. The summed E-state index contributed by atoms with van der Waals surface area (Å²) >= 11 is 0. The molecule has 3 aromatic rings. The second kappa shape index (κ2) is 9.57. The summed E-state index contributed by atoms with van der Waals surface area (Å²) in [5, 5.41) is 8.45. The van der Waals surface area contributed by atoms with Gasteiger partial charge < -0.3 is 14.5 Å². The zero-order valence-electron chi connectivity index (χ0n) is 17.6. The van der Waals surface area contributed by atoms with Crippen LogP contribution >= 0.6 is 0 Å². The molecular formula is C24H26N4O3. The van der Waals surface area contributed by atoms with E-state index in [9.17, 15) is 9.59 Å². The number of fused-ring (bicyclic) bond motifs is 1. The first-order valence-electron chi connectivity index (χ1n) is 10.4. The molecule has 2 amide bonds. The Bertz CT molecular complexity index is 1090. The number of hydrogen-bond donors (Lipinski definition) is 1. The van der Waals surface area contributed by atoms with Crippen LogP contribution in [-0.4, -0.2) is 71.7 Å². The highest BCUT2D eigenvalue weighted by Gasteiger charge is 2.22. The number of para-hydroxylation sites is 1. The van der Waals surface area contributed by atoms with Gasteiger partial charge in [0.1, 0.15) is 6.61 Å². The van der Waals surface area contributed by atoms with Crippen LogP contribution in [0.3, 0.4) is 0 Å². The minimum atomic E-state index is -0.0300. The first-order chi connectivity index (χ1) is 15.2. The van der Waals surface area contributed by atoms with Crippen LogP contribution in [0.5, 0.6) is 0 Å². The molecule has 0 bridgehead atoms. The number of aromatic nitrogens is 2. The number of rotatable bonds is 5. The summed E-state index contributed by atoms with van der Waals surface area (Å²) in [6.07, 6.45) is 4.72. The third-order valence-electron chi connectivity index (χ3n) is 5.49. The molecule has 1 saturated heterocycles. The molecule has 7 heteroatoms. The molecule has 2 aromatic carbocycles. The quantitative estimate of drug-likeness (QED) is 0.691. The van der Waals surface area contributed by atoms with E-state index >= 15 is 0 Å². The maximum atomic E-state index is 12.9. The first kappa shape index (κ1) is 20.8. The summed E-state index contributed by atoms with van der Waals surface area (Å²) in [6.45, 7) is 2.44. The van der Waals surface area contributed by atoms with Crippen LogP contribution in [0.2, 0.25) is 0 Å². The number of nitrogens with one attached hydrogen (secondary N) is 1. The second-order valence-corrected chi connectivity index (χ2v) is 7.57. The van der Waals surface area contributed by atoms with Crippen LogP contribution in [0.25, 0.3) is 23.1 Å². The third kappa shape index (κ3) is 4.83. The van der Waals surface area contributed by atoms with Gasteiger partial charge in [-0.1, -0.05) is 36.4 Å². The Labute approximate surface area is 181 Å². The highest BCUT2D eigenvalue weighted by molar-refractivity contribution is 5.95. The summed E-state index contributed by atoms with van der Waals surface area (Å²) in [6, 6.07) is 15.6. The van der Waals surface area contributed by atoms with Gasteiger partial charge in [0.25, 0.3) is 5.91 Å². The fraction of sp³-hybridized carbons (Fsp3) is 0.292. The number of methoxy groups -OCH3 is 1. The van der Waals surface area contributed by atoms with Crippen molar-refractivity contribution in [3.05, 3.63) is 65.4 Å². The van der Waals surface area contributed by atoms with Crippen molar-refractivity contribution in [3.63, 3.8) is 0 Å². The Morgan fingerprint density at radius 3 is 2.55 bits per heavy atom. The fourth-order valence-corrected chi connectivity index (χ4v) is 3.79. The van der Waals surface area contributed by atoms with Crippen molar-refractivity contribution < 1.29 is 14.3 Å². The molecule has 0 spiro atoms. The molecule has 0 saturated carbocycles. The summed E-state index contributed by atoms with van der Waals surface area (Å²) < 4.78 is 4.93. The van der Waals surface area contributed by atoms with E-state index in [1.807, 2.05) is 65.6 Å². The van der Waals surface area contributed by atoms with E-state index in [1.54, 1.807) is 4.90 Å². The Morgan fingerprint density at radius 2 is 1.74 bits per heavy atom. The number of carbonyl (C=O) groups excluding carboxylic acids is 2. The average molecular weight is 418 g/mol. The SMILES string of the molecule is COCC(=O)N1CCCN(C(=O)c2ccc(C=Cc3n[nH]c4ccccc34)cc2)CC1. The number of hydrogen-bond acceptors (Lipinski definition) is 4. The smallest absolute Gasteiger partial charge is 0.253 e. The Morgan fingerprint density at radius 1 is 1.00 bits per heavy atom. The van der Waals surface area contributed by atoms with Crippen molar-refractivity contribution >= 4 is 34.9 Å². The molecule has 1 aromatic heterocycles. The third-order valence-corrected chi connectivity index (χ3v) is 5.49. The van der Waals surface area contributed by atoms with Gasteiger partial charge in [-0.15, -0.1) is 0 Å². The summed E-state index contributed by atoms with van der Waals surface area (Å²) in [7, 11) is 1.52. The van der Waals surface area contributed by atoms with E-state index in [1.165, 1.54) is 7.11 Å². The van der Waals surface area contributed by atoms with Gasteiger partial charge in [-0.3, -0.25) is 14.7 Å². The Kier molecular flexibility index (Phi) is 6.43. The standard InChI is InChI=1S/C24H26N4O3/c1-31-17-23(29)27-13-4-14-28(16-15-27)24(30)19-10-7-18(8-11-19)9-12-22-20-5-2-3-6-21(20)25-26-22/h2-3,5-12H,4,13-17H2,1H3,(H,25,26). The van der Waals surface area contributed by atoms with Crippen LogP contribution in [0.4, 0.5) is 0 Å². The van der Waals surface area contributed by atoms with Crippen molar-refractivity contribution in [2.45, 2.75) is 6.42 Å². The molecule has 0 aliphatic carbocycles. The minimum absolute atomic E-state index is 0.00475. The maximum absolute atomic E-state index is 12.9. The molecule has 2 heterocycles. The van der Waals surface area contributed by atoms with Crippen molar-refractivity contribution in [2.75, 3.05) is 39.9 Å². The Hall–Kier alpha value is -3.45. The summed E-state index contributed by atoms with van der Waals surface area (Å²) in [4.78, 5) is 28.5. The molecule has 0 radical (unpaired) electrons. The number of carbonyl (C=O) groups is 2. The van der Waals surface area contributed by atoms with E-state index in [-0.39, 0.29) is 18.4 Å². The van der Waals surface area contributed by atoms with Crippen molar-refractivity contribution in [1.29, 1.82) is 0 Å². The van der Waals surface area contributed by atoms with E-state index in [0.717, 1.165) is 28.6 Å².